The first-order chi connectivity index (χ1) is 16.4. The molecule has 2 aliphatic rings. The highest BCUT2D eigenvalue weighted by Crippen LogP contribution is 2.18. The lowest BCUT2D eigenvalue weighted by Gasteiger charge is -2.40. The maximum atomic E-state index is 13.1. The second-order valence-corrected chi connectivity index (χ2v) is 10.7. The van der Waals surface area contributed by atoms with Crippen molar-refractivity contribution < 1.29 is 17.9 Å². The summed E-state index contributed by atoms with van der Waals surface area (Å²) in [5, 5.41) is 0. The third-order valence-electron chi connectivity index (χ3n) is 6.66. The van der Waals surface area contributed by atoms with Gasteiger partial charge in [0.25, 0.3) is 0 Å². The van der Waals surface area contributed by atoms with E-state index in [1.165, 1.54) is 4.31 Å². The summed E-state index contributed by atoms with van der Waals surface area (Å²) in [7, 11) is -3.51. The summed E-state index contributed by atoms with van der Waals surface area (Å²) >= 11 is 0. The second kappa shape index (κ2) is 11.3. The predicted molar refractivity (Wildman–Crippen MR) is 131 cm³/mol. The van der Waals surface area contributed by atoms with Gasteiger partial charge in [0, 0.05) is 58.9 Å². The number of hydrogen-bond acceptors (Lipinski definition) is 6. The lowest BCUT2D eigenvalue weighted by molar-refractivity contribution is -0.138. The topological polar surface area (TPSA) is 73.4 Å². The zero-order valence-corrected chi connectivity index (χ0v) is 20.6. The standard InChI is InChI=1S/C25H34N4O4S/c1-22(27-14-12-26(13-15-27)20-21-33-23-8-4-2-5-9-23)25(30)28-16-18-29(19-17-28)34(31,32)24-10-6-3-7-11-24/h2-11,22H,12-21H2,1H3/t22-/m1/s1. The summed E-state index contributed by atoms with van der Waals surface area (Å²) in [4.78, 5) is 19.8. The molecule has 2 aromatic rings. The number of benzene rings is 2. The van der Waals surface area contributed by atoms with Gasteiger partial charge in [0.05, 0.1) is 10.9 Å². The van der Waals surface area contributed by atoms with E-state index in [0.717, 1.165) is 38.5 Å². The van der Waals surface area contributed by atoms with Crippen LogP contribution in [0.25, 0.3) is 0 Å². The minimum Gasteiger partial charge on any atom is -0.492 e. The Morgan fingerprint density at radius 1 is 0.853 bits per heavy atom. The van der Waals surface area contributed by atoms with Gasteiger partial charge in [-0.1, -0.05) is 36.4 Å². The maximum Gasteiger partial charge on any atom is 0.243 e. The van der Waals surface area contributed by atoms with Crippen LogP contribution in [0.5, 0.6) is 5.75 Å². The van der Waals surface area contributed by atoms with Crippen molar-refractivity contribution in [1.29, 1.82) is 0 Å². The Morgan fingerprint density at radius 2 is 1.44 bits per heavy atom. The van der Waals surface area contributed by atoms with E-state index in [2.05, 4.69) is 9.80 Å². The molecule has 8 nitrogen and oxygen atoms in total. The number of ether oxygens (including phenoxy) is 1. The molecule has 0 saturated carbocycles. The van der Waals surface area contributed by atoms with Gasteiger partial charge in [0.2, 0.25) is 15.9 Å². The molecule has 34 heavy (non-hydrogen) atoms. The molecule has 4 rings (SSSR count). The van der Waals surface area contributed by atoms with E-state index in [1.54, 1.807) is 30.3 Å². The Balaban J connectivity index is 1.20. The normalized spacial score (nSPS) is 19.6. The van der Waals surface area contributed by atoms with Crippen molar-refractivity contribution in [1.82, 2.24) is 19.0 Å². The van der Waals surface area contributed by atoms with Crippen molar-refractivity contribution in [3.05, 3.63) is 60.7 Å². The Hall–Kier alpha value is -2.46. The predicted octanol–water partition coefficient (Wildman–Crippen LogP) is 1.60. The molecule has 2 fully saturated rings. The minimum atomic E-state index is -3.51. The largest absolute Gasteiger partial charge is 0.492 e. The van der Waals surface area contributed by atoms with E-state index < -0.39 is 10.0 Å². The van der Waals surface area contributed by atoms with Crippen molar-refractivity contribution in [3.8, 4) is 5.75 Å². The fourth-order valence-electron chi connectivity index (χ4n) is 4.49. The second-order valence-electron chi connectivity index (χ2n) is 8.76. The molecule has 2 aromatic carbocycles. The molecular formula is C25H34N4O4S. The molecule has 1 amide bonds. The van der Waals surface area contributed by atoms with E-state index in [1.807, 2.05) is 42.2 Å². The SMILES string of the molecule is C[C@H](C(=O)N1CCN(S(=O)(=O)c2ccccc2)CC1)N1CCN(CCOc2ccccc2)CC1. The van der Waals surface area contributed by atoms with E-state index in [9.17, 15) is 13.2 Å². The lowest BCUT2D eigenvalue weighted by Crippen LogP contribution is -2.58. The molecule has 0 radical (unpaired) electrons. The Kier molecular flexibility index (Phi) is 8.20. The molecule has 0 aliphatic carbocycles. The monoisotopic (exact) mass is 486 g/mol. The summed E-state index contributed by atoms with van der Waals surface area (Å²) in [6, 6.07) is 18.1. The molecule has 2 aliphatic heterocycles. The Labute approximate surface area is 202 Å². The summed E-state index contributed by atoms with van der Waals surface area (Å²) in [5.74, 6) is 0.967. The van der Waals surface area contributed by atoms with Crippen molar-refractivity contribution in [3.63, 3.8) is 0 Å². The molecular weight excluding hydrogens is 452 g/mol. The van der Waals surface area contributed by atoms with Gasteiger partial charge in [-0.2, -0.15) is 4.31 Å². The number of rotatable bonds is 8. The van der Waals surface area contributed by atoms with Gasteiger partial charge in [-0.15, -0.1) is 0 Å². The number of nitrogens with zero attached hydrogens (tertiary/aromatic N) is 4. The zero-order valence-electron chi connectivity index (χ0n) is 19.8. The average Bonchev–Trinajstić information content (AvgIpc) is 2.89. The van der Waals surface area contributed by atoms with Crippen LogP contribution in [-0.4, -0.2) is 105 Å². The first-order valence-electron chi connectivity index (χ1n) is 11.9. The number of para-hydroxylation sites is 1. The Bertz CT molecular complexity index is 1020. The molecule has 0 N–H and O–H groups in total. The number of carbonyl (C=O) groups is 1. The van der Waals surface area contributed by atoms with Gasteiger partial charge in [0.1, 0.15) is 12.4 Å². The molecule has 0 bridgehead atoms. The van der Waals surface area contributed by atoms with Crippen LogP contribution in [0.2, 0.25) is 0 Å². The maximum absolute atomic E-state index is 13.1. The molecule has 2 heterocycles. The number of carbonyl (C=O) groups excluding carboxylic acids is 1. The van der Waals surface area contributed by atoms with Crippen molar-refractivity contribution >= 4 is 15.9 Å². The smallest absolute Gasteiger partial charge is 0.243 e. The van der Waals surface area contributed by atoms with E-state index in [0.29, 0.717) is 37.7 Å². The van der Waals surface area contributed by atoms with Crippen molar-refractivity contribution in [2.75, 3.05) is 65.5 Å². The van der Waals surface area contributed by atoms with Crippen molar-refractivity contribution in [2.45, 2.75) is 17.9 Å². The minimum absolute atomic E-state index is 0.0811. The van der Waals surface area contributed by atoms with Gasteiger partial charge >= 0.3 is 0 Å². The third kappa shape index (κ3) is 5.96. The molecule has 0 spiro atoms. The van der Waals surface area contributed by atoms with Gasteiger partial charge in [0.15, 0.2) is 0 Å². The zero-order chi connectivity index (χ0) is 24.0. The van der Waals surface area contributed by atoms with Crippen LogP contribution in [0.4, 0.5) is 0 Å². The lowest BCUT2D eigenvalue weighted by atomic mass is 10.2. The Morgan fingerprint density at radius 3 is 2.06 bits per heavy atom. The van der Waals surface area contributed by atoms with Crippen LogP contribution in [-0.2, 0) is 14.8 Å². The van der Waals surface area contributed by atoms with E-state index in [-0.39, 0.29) is 11.9 Å². The molecule has 2 saturated heterocycles. The summed E-state index contributed by atoms with van der Waals surface area (Å²) in [5.41, 5.74) is 0. The van der Waals surface area contributed by atoms with Gasteiger partial charge in [-0.3, -0.25) is 14.6 Å². The molecule has 0 unspecified atom stereocenters. The van der Waals surface area contributed by atoms with Crippen LogP contribution in [0, 0.1) is 0 Å². The highest BCUT2D eigenvalue weighted by Gasteiger charge is 2.33. The van der Waals surface area contributed by atoms with Crippen LogP contribution in [0.15, 0.2) is 65.6 Å². The highest BCUT2D eigenvalue weighted by atomic mass is 32.2. The van der Waals surface area contributed by atoms with Crippen molar-refractivity contribution in [2.24, 2.45) is 0 Å². The first kappa shape index (κ1) is 24.7. The summed E-state index contributed by atoms with van der Waals surface area (Å²) < 4.78 is 32.9. The fraction of sp³-hybridized carbons (Fsp3) is 0.480. The highest BCUT2D eigenvalue weighted by molar-refractivity contribution is 7.89. The van der Waals surface area contributed by atoms with E-state index in [4.69, 9.17) is 4.74 Å². The fourth-order valence-corrected chi connectivity index (χ4v) is 5.94. The number of sulfonamides is 1. The molecule has 1 atom stereocenters. The molecule has 9 heteroatoms. The summed E-state index contributed by atoms with van der Waals surface area (Å²) in [6.45, 7) is 8.44. The van der Waals surface area contributed by atoms with Gasteiger partial charge in [-0.25, -0.2) is 8.42 Å². The average molecular weight is 487 g/mol. The third-order valence-corrected chi connectivity index (χ3v) is 8.58. The molecule has 184 valence electrons. The van der Waals surface area contributed by atoms with Crippen LogP contribution >= 0.6 is 0 Å². The van der Waals surface area contributed by atoms with Crippen LogP contribution in [0.3, 0.4) is 0 Å². The van der Waals surface area contributed by atoms with Crippen LogP contribution < -0.4 is 4.74 Å². The number of hydrogen-bond donors (Lipinski definition) is 0. The van der Waals surface area contributed by atoms with Crippen LogP contribution in [0.1, 0.15) is 6.92 Å². The summed E-state index contributed by atoms with van der Waals surface area (Å²) in [6.07, 6.45) is 0. The van der Waals surface area contributed by atoms with Gasteiger partial charge in [-0.05, 0) is 31.2 Å². The van der Waals surface area contributed by atoms with Gasteiger partial charge < -0.3 is 9.64 Å². The quantitative estimate of drug-likeness (QED) is 0.565. The number of piperazine rings is 2. The number of amides is 1. The molecule has 0 aromatic heterocycles. The van der Waals surface area contributed by atoms with E-state index >= 15 is 0 Å². The first-order valence-corrected chi connectivity index (χ1v) is 13.4.